The summed E-state index contributed by atoms with van der Waals surface area (Å²) in [4.78, 5) is 4.19. The molecule has 0 atom stereocenters. The lowest BCUT2D eigenvalue weighted by Crippen LogP contribution is -1.92. The van der Waals surface area contributed by atoms with Gasteiger partial charge in [-0.2, -0.15) is 4.98 Å². The fourth-order valence-corrected chi connectivity index (χ4v) is 2.26. The summed E-state index contributed by atoms with van der Waals surface area (Å²) in [6, 6.07) is 9.02. The zero-order valence-corrected chi connectivity index (χ0v) is 12.0. The first-order valence-electron chi connectivity index (χ1n) is 5.90. The molecule has 1 heterocycles. The number of nitrogens with zero attached hydrogens (tertiary/aromatic N) is 2. The summed E-state index contributed by atoms with van der Waals surface area (Å²) in [6.07, 6.45) is 0. The van der Waals surface area contributed by atoms with Crippen LogP contribution in [0.3, 0.4) is 0 Å². The van der Waals surface area contributed by atoms with Gasteiger partial charge in [0.25, 0.3) is 5.89 Å². The predicted octanol–water partition coefficient (Wildman–Crippen LogP) is 4.43. The number of anilines is 1. The van der Waals surface area contributed by atoms with Gasteiger partial charge in [-0.3, -0.25) is 0 Å². The Hall–Kier alpha value is -2.11. The van der Waals surface area contributed by atoms with Crippen LogP contribution in [-0.2, 0) is 0 Å². The van der Waals surface area contributed by atoms with E-state index >= 15 is 0 Å². The van der Waals surface area contributed by atoms with Crippen LogP contribution in [0.2, 0.25) is 10.0 Å². The van der Waals surface area contributed by atoms with E-state index < -0.39 is 0 Å². The van der Waals surface area contributed by atoms with Crippen LogP contribution in [0.15, 0.2) is 40.9 Å². The second kappa shape index (κ2) is 5.35. The average molecular weight is 324 g/mol. The largest absolute Gasteiger partial charge is 0.397 e. The highest BCUT2D eigenvalue weighted by Gasteiger charge is 2.18. The topological polar surface area (TPSA) is 64.9 Å². The molecule has 2 N–H and O–H groups in total. The van der Waals surface area contributed by atoms with E-state index in [1.165, 1.54) is 12.1 Å². The molecule has 1 aromatic heterocycles. The smallest absolute Gasteiger partial charge is 0.261 e. The summed E-state index contributed by atoms with van der Waals surface area (Å²) in [5.74, 6) is -0.0293. The van der Waals surface area contributed by atoms with Gasteiger partial charge in [0.05, 0.1) is 21.3 Å². The number of rotatable bonds is 2. The van der Waals surface area contributed by atoms with Crippen LogP contribution in [0.1, 0.15) is 0 Å². The van der Waals surface area contributed by atoms with Crippen molar-refractivity contribution in [2.45, 2.75) is 0 Å². The van der Waals surface area contributed by atoms with Gasteiger partial charge in [-0.1, -0.05) is 40.5 Å². The van der Waals surface area contributed by atoms with Crippen LogP contribution < -0.4 is 5.73 Å². The minimum Gasteiger partial charge on any atom is -0.397 e. The number of hydrogen-bond acceptors (Lipinski definition) is 4. The normalized spacial score (nSPS) is 10.8. The molecule has 106 valence electrons. The zero-order valence-electron chi connectivity index (χ0n) is 10.5. The van der Waals surface area contributed by atoms with Gasteiger partial charge in [-0.05, 0) is 24.3 Å². The minimum absolute atomic E-state index is 0.124. The Bertz CT molecular complexity index is 820. The molecule has 3 rings (SSSR count). The van der Waals surface area contributed by atoms with Crippen molar-refractivity contribution < 1.29 is 8.91 Å². The van der Waals surface area contributed by atoms with E-state index in [4.69, 9.17) is 33.5 Å². The van der Waals surface area contributed by atoms with Crippen molar-refractivity contribution in [1.82, 2.24) is 10.1 Å². The highest BCUT2D eigenvalue weighted by molar-refractivity contribution is 6.37. The molecule has 4 nitrogen and oxygen atoms in total. The van der Waals surface area contributed by atoms with Crippen LogP contribution in [0, 0.1) is 5.82 Å². The average Bonchev–Trinajstić information content (AvgIpc) is 2.93. The van der Waals surface area contributed by atoms with Gasteiger partial charge in [-0.25, -0.2) is 4.39 Å². The van der Waals surface area contributed by atoms with Crippen LogP contribution in [0.5, 0.6) is 0 Å². The summed E-state index contributed by atoms with van der Waals surface area (Å²) >= 11 is 12.0. The SMILES string of the molecule is Nc1c(Cl)ccc(Cl)c1-c1nc(-c2cccc(F)c2)no1. The number of benzene rings is 2. The molecule has 0 saturated carbocycles. The molecular formula is C14H8Cl2FN3O. The first-order valence-corrected chi connectivity index (χ1v) is 6.65. The van der Waals surface area contributed by atoms with Crippen molar-refractivity contribution in [2.24, 2.45) is 0 Å². The van der Waals surface area contributed by atoms with E-state index in [1.807, 2.05) is 0 Å². The third kappa shape index (κ3) is 2.57. The van der Waals surface area contributed by atoms with Gasteiger partial charge >= 0.3 is 0 Å². The summed E-state index contributed by atoms with van der Waals surface area (Å²) in [5.41, 5.74) is 6.98. The van der Waals surface area contributed by atoms with Gasteiger partial charge in [0.2, 0.25) is 5.82 Å². The van der Waals surface area contributed by atoms with Crippen LogP contribution in [0.25, 0.3) is 22.8 Å². The van der Waals surface area contributed by atoms with Gasteiger partial charge in [0, 0.05) is 5.56 Å². The molecule has 0 aliphatic rings. The Morgan fingerprint density at radius 1 is 1.10 bits per heavy atom. The first-order chi connectivity index (χ1) is 10.1. The van der Waals surface area contributed by atoms with Gasteiger partial charge < -0.3 is 10.3 Å². The van der Waals surface area contributed by atoms with Crippen molar-refractivity contribution >= 4 is 28.9 Å². The number of aromatic nitrogens is 2. The lowest BCUT2D eigenvalue weighted by molar-refractivity contribution is 0.432. The van der Waals surface area contributed by atoms with Crippen LogP contribution in [0.4, 0.5) is 10.1 Å². The maximum absolute atomic E-state index is 13.2. The third-order valence-electron chi connectivity index (χ3n) is 2.86. The van der Waals surface area contributed by atoms with Crippen LogP contribution >= 0.6 is 23.2 Å². The van der Waals surface area contributed by atoms with Crippen molar-refractivity contribution in [3.63, 3.8) is 0 Å². The Morgan fingerprint density at radius 2 is 1.86 bits per heavy atom. The molecule has 7 heteroatoms. The molecule has 21 heavy (non-hydrogen) atoms. The standard InChI is InChI=1S/C14H8Cl2FN3O/c15-9-4-5-10(16)12(18)11(9)14-19-13(20-21-14)7-2-1-3-8(17)6-7/h1-6H,18H2. The Balaban J connectivity index is 2.09. The van der Waals surface area contributed by atoms with E-state index in [9.17, 15) is 4.39 Å². The molecule has 3 aromatic rings. The van der Waals surface area contributed by atoms with Crippen molar-refractivity contribution in [3.8, 4) is 22.8 Å². The van der Waals surface area contributed by atoms with Gasteiger partial charge in [-0.15, -0.1) is 0 Å². The molecule has 0 fully saturated rings. The molecule has 0 amide bonds. The highest BCUT2D eigenvalue weighted by atomic mass is 35.5. The molecule has 0 saturated heterocycles. The summed E-state index contributed by atoms with van der Waals surface area (Å²) in [6.45, 7) is 0. The number of halogens is 3. The molecule has 0 radical (unpaired) electrons. The van der Waals surface area contributed by atoms with Crippen molar-refractivity contribution in [2.75, 3.05) is 5.73 Å². The fraction of sp³-hybridized carbons (Fsp3) is 0. The number of nitrogens with two attached hydrogens (primary N) is 1. The number of hydrogen-bond donors (Lipinski definition) is 1. The summed E-state index contributed by atoms with van der Waals surface area (Å²) < 4.78 is 18.4. The maximum atomic E-state index is 13.2. The molecular weight excluding hydrogens is 316 g/mol. The fourth-order valence-electron chi connectivity index (χ4n) is 1.85. The van der Waals surface area contributed by atoms with Crippen molar-refractivity contribution in [3.05, 3.63) is 52.3 Å². The summed E-state index contributed by atoms with van der Waals surface area (Å²) in [7, 11) is 0. The lowest BCUT2D eigenvalue weighted by atomic mass is 10.1. The molecule has 0 aliphatic carbocycles. The Kier molecular flexibility index (Phi) is 3.53. The summed E-state index contributed by atoms with van der Waals surface area (Å²) in [5, 5.41) is 4.48. The minimum atomic E-state index is -0.390. The Labute approximate surface area is 129 Å². The third-order valence-corrected chi connectivity index (χ3v) is 3.51. The molecule has 0 bridgehead atoms. The second-order valence-corrected chi connectivity index (χ2v) is 5.07. The zero-order chi connectivity index (χ0) is 15.0. The van der Waals surface area contributed by atoms with E-state index in [2.05, 4.69) is 10.1 Å². The maximum Gasteiger partial charge on any atom is 0.261 e. The van der Waals surface area contributed by atoms with E-state index in [-0.39, 0.29) is 23.2 Å². The lowest BCUT2D eigenvalue weighted by Gasteiger charge is -2.04. The van der Waals surface area contributed by atoms with E-state index in [1.54, 1.807) is 24.3 Å². The monoisotopic (exact) mass is 323 g/mol. The van der Waals surface area contributed by atoms with Gasteiger partial charge in [0.1, 0.15) is 5.82 Å². The van der Waals surface area contributed by atoms with Gasteiger partial charge in [0.15, 0.2) is 0 Å². The quantitative estimate of drug-likeness (QED) is 0.708. The number of nitrogen functional groups attached to an aromatic ring is 1. The molecule has 0 unspecified atom stereocenters. The first kappa shape index (κ1) is 13.9. The van der Waals surface area contributed by atoms with E-state index in [0.29, 0.717) is 21.2 Å². The second-order valence-electron chi connectivity index (χ2n) is 4.25. The van der Waals surface area contributed by atoms with Crippen LogP contribution in [-0.4, -0.2) is 10.1 Å². The molecule has 2 aromatic carbocycles. The highest BCUT2D eigenvalue weighted by Crippen LogP contribution is 2.37. The molecule has 0 aliphatic heterocycles. The van der Waals surface area contributed by atoms with E-state index in [0.717, 1.165) is 0 Å². The Morgan fingerprint density at radius 3 is 2.62 bits per heavy atom. The van der Waals surface area contributed by atoms with Crippen molar-refractivity contribution in [1.29, 1.82) is 0 Å². The molecule has 0 spiro atoms. The predicted molar refractivity (Wildman–Crippen MR) is 79.6 cm³/mol.